The van der Waals surface area contributed by atoms with Crippen molar-refractivity contribution in [1.82, 2.24) is 0 Å². The predicted molar refractivity (Wildman–Crippen MR) is 43.8 cm³/mol. The van der Waals surface area contributed by atoms with Crippen molar-refractivity contribution in [3.05, 3.63) is 0 Å². The van der Waals surface area contributed by atoms with Crippen molar-refractivity contribution in [2.45, 2.75) is 24.9 Å². The number of nitrogens with two attached hydrogens (primary N) is 1. The van der Waals surface area contributed by atoms with E-state index < -0.39 is 18.6 Å². The number of ether oxygens (including phenoxy) is 2. The van der Waals surface area contributed by atoms with Crippen molar-refractivity contribution in [2.24, 2.45) is 5.73 Å². The third-order valence-electron chi connectivity index (χ3n) is 2.29. The summed E-state index contributed by atoms with van der Waals surface area (Å²) in [5.41, 5.74) is 4.92. The minimum Gasteiger partial charge on any atom is -0.381 e. The molecule has 0 amide bonds. The monoisotopic (exact) mass is 195 g/mol. The quantitative estimate of drug-likeness (QED) is 0.720. The molecule has 0 atom stereocenters. The standard InChI is InChI=1S/C8H15F2NO2/c9-7(10)5-13-8(6-11)1-3-12-4-2-8/h7H,1-6,11H2. The molecule has 0 aromatic heterocycles. The zero-order valence-electron chi connectivity index (χ0n) is 7.47. The Bertz CT molecular complexity index is 149. The lowest BCUT2D eigenvalue weighted by molar-refractivity contribution is -0.129. The zero-order valence-corrected chi connectivity index (χ0v) is 7.47. The van der Waals surface area contributed by atoms with Gasteiger partial charge in [0.25, 0.3) is 6.43 Å². The predicted octanol–water partition coefficient (Wildman–Crippen LogP) is 0.776. The smallest absolute Gasteiger partial charge is 0.261 e. The van der Waals surface area contributed by atoms with E-state index in [-0.39, 0.29) is 6.54 Å². The van der Waals surface area contributed by atoms with Crippen LogP contribution in [0.4, 0.5) is 8.78 Å². The minimum absolute atomic E-state index is 0.281. The average molecular weight is 195 g/mol. The fourth-order valence-corrected chi connectivity index (χ4v) is 1.39. The molecule has 13 heavy (non-hydrogen) atoms. The summed E-state index contributed by atoms with van der Waals surface area (Å²) in [6.07, 6.45) is -1.21. The first-order chi connectivity index (χ1) is 6.18. The summed E-state index contributed by atoms with van der Waals surface area (Å²) in [6, 6.07) is 0. The van der Waals surface area contributed by atoms with Crippen LogP contribution in [0.25, 0.3) is 0 Å². The van der Waals surface area contributed by atoms with E-state index in [4.69, 9.17) is 15.2 Å². The van der Waals surface area contributed by atoms with Gasteiger partial charge in [-0.25, -0.2) is 8.78 Å². The molecule has 0 radical (unpaired) electrons. The molecule has 1 rings (SSSR count). The first-order valence-corrected chi connectivity index (χ1v) is 4.38. The van der Waals surface area contributed by atoms with E-state index in [0.717, 1.165) is 0 Å². The highest BCUT2D eigenvalue weighted by Gasteiger charge is 2.32. The second-order valence-corrected chi connectivity index (χ2v) is 3.20. The third-order valence-corrected chi connectivity index (χ3v) is 2.29. The van der Waals surface area contributed by atoms with E-state index in [9.17, 15) is 8.78 Å². The highest BCUT2D eigenvalue weighted by atomic mass is 19.3. The van der Waals surface area contributed by atoms with Crippen LogP contribution in [0.1, 0.15) is 12.8 Å². The molecule has 0 spiro atoms. The minimum atomic E-state index is -2.42. The number of hydrogen-bond acceptors (Lipinski definition) is 3. The molecule has 0 unspecified atom stereocenters. The van der Waals surface area contributed by atoms with Crippen molar-refractivity contribution in [1.29, 1.82) is 0 Å². The van der Waals surface area contributed by atoms with E-state index in [2.05, 4.69) is 0 Å². The summed E-state index contributed by atoms with van der Waals surface area (Å²) >= 11 is 0. The maximum absolute atomic E-state index is 11.9. The number of rotatable bonds is 4. The molecule has 1 heterocycles. The fraction of sp³-hybridized carbons (Fsp3) is 1.00. The van der Waals surface area contributed by atoms with Crippen molar-refractivity contribution in [3.63, 3.8) is 0 Å². The van der Waals surface area contributed by atoms with Gasteiger partial charge in [0.15, 0.2) is 0 Å². The van der Waals surface area contributed by atoms with Gasteiger partial charge in [0.1, 0.15) is 6.61 Å². The molecule has 0 aromatic rings. The zero-order chi connectivity index (χ0) is 9.73. The Hall–Kier alpha value is -0.260. The van der Waals surface area contributed by atoms with Gasteiger partial charge in [0, 0.05) is 32.6 Å². The largest absolute Gasteiger partial charge is 0.381 e. The topological polar surface area (TPSA) is 44.5 Å². The van der Waals surface area contributed by atoms with Gasteiger partial charge in [-0.15, -0.1) is 0 Å². The van der Waals surface area contributed by atoms with Crippen molar-refractivity contribution in [2.75, 3.05) is 26.4 Å². The molecule has 0 bridgehead atoms. The van der Waals surface area contributed by atoms with Crippen LogP contribution >= 0.6 is 0 Å². The van der Waals surface area contributed by atoms with Crippen LogP contribution in [0, 0.1) is 0 Å². The number of hydrogen-bond donors (Lipinski definition) is 1. The Labute approximate surface area is 76.2 Å². The van der Waals surface area contributed by atoms with Crippen LogP contribution in [-0.2, 0) is 9.47 Å². The highest BCUT2D eigenvalue weighted by Crippen LogP contribution is 2.24. The van der Waals surface area contributed by atoms with E-state index in [1.807, 2.05) is 0 Å². The molecule has 0 aromatic carbocycles. The average Bonchev–Trinajstić information content (AvgIpc) is 2.16. The summed E-state index contributed by atoms with van der Waals surface area (Å²) in [6.45, 7) is 0.834. The molecule has 0 aliphatic carbocycles. The lowest BCUT2D eigenvalue weighted by atomic mass is 9.94. The molecule has 2 N–H and O–H groups in total. The molecule has 1 aliphatic heterocycles. The Morgan fingerprint density at radius 3 is 2.46 bits per heavy atom. The van der Waals surface area contributed by atoms with Crippen molar-refractivity contribution in [3.8, 4) is 0 Å². The number of alkyl halides is 2. The molecule has 3 nitrogen and oxygen atoms in total. The number of halogens is 2. The maximum Gasteiger partial charge on any atom is 0.261 e. The summed E-state index contributed by atoms with van der Waals surface area (Å²) in [5, 5.41) is 0. The Kier molecular flexibility index (Phi) is 4.02. The van der Waals surface area contributed by atoms with Crippen LogP contribution in [0.15, 0.2) is 0 Å². The fourth-order valence-electron chi connectivity index (χ4n) is 1.39. The van der Waals surface area contributed by atoms with Gasteiger partial charge < -0.3 is 15.2 Å². The van der Waals surface area contributed by atoms with Gasteiger partial charge >= 0.3 is 0 Å². The second kappa shape index (κ2) is 4.83. The summed E-state index contributed by atoms with van der Waals surface area (Å²) < 4.78 is 34.0. The van der Waals surface area contributed by atoms with Crippen molar-refractivity contribution >= 4 is 0 Å². The van der Waals surface area contributed by atoms with Gasteiger partial charge in [0.2, 0.25) is 0 Å². The lowest BCUT2D eigenvalue weighted by Crippen LogP contribution is -2.46. The SMILES string of the molecule is NCC1(OCC(F)F)CCOCC1. The van der Waals surface area contributed by atoms with E-state index in [1.54, 1.807) is 0 Å². The lowest BCUT2D eigenvalue weighted by Gasteiger charge is -2.35. The summed E-state index contributed by atoms with van der Waals surface area (Å²) in [7, 11) is 0. The van der Waals surface area contributed by atoms with E-state index in [1.165, 1.54) is 0 Å². The highest BCUT2D eigenvalue weighted by molar-refractivity contribution is 4.84. The van der Waals surface area contributed by atoms with Gasteiger partial charge in [-0.3, -0.25) is 0 Å². The molecule has 1 aliphatic rings. The van der Waals surface area contributed by atoms with Crippen LogP contribution in [0.3, 0.4) is 0 Å². The van der Waals surface area contributed by atoms with Gasteiger partial charge in [-0.1, -0.05) is 0 Å². The second-order valence-electron chi connectivity index (χ2n) is 3.20. The van der Waals surface area contributed by atoms with Crippen LogP contribution in [0.2, 0.25) is 0 Å². The van der Waals surface area contributed by atoms with E-state index >= 15 is 0 Å². The van der Waals surface area contributed by atoms with Gasteiger partial charge in [-0.05, 0) is 0 Å². The first kappa shape index (κ1) is 10.8. The molecular weight excluding hydrogens is 180 g/mol. The molecule has 5 heteroatoms. The van der Waals surface area contributed by atoms with Gasteiger partial charge in [0.05, 0.1) is 5.60 Å². The summed E-state index contributed by atoms with van der Waals surface area (Å²) in [4.78, 5) is 0. The van der Waals surface area contributed by atoms with E-state index in [0.29, 0.717) is 26.1 Å². The Morgan fingerprint density at radius 2 is 2.00 bits per heavy atom. The maximum atomic E-state index is 11.9. The third kappa shape index (κ3) is 3.17. The summed E-state index contributed by atoms with van der Waals surface area (Å²) in [5.74, 6) is 0. The molecular formula is C8H15F2NO2. The molecule has 0 saturated carbocycles. The van der Waals surface area contributed by atoms with Crippen LogP contribution in [-0.4, -0.2) is 38.4 Å². The molecule has 78 valence electrons. The first-order valence-electron chi connectivity index (χ1n) is 4.38. The normalized spacial score (nSPS) is 22.2. The molecule has 1 saturated heterocycles. The van der Waals surface area contributed by atoms with Crippen molar-refractivity contribution < 1.29 is 18.3 Å². The van der Waals surface area contributed by atoms with Crippen LogP contribution < -0.4 is 5.73 Å². The van der Waals surface area contributed by atoms with Crippen LogP contribution in [0.5, 0.6) is 0 Å². The Balaban J connectivity index is 2.38. The Morgan fingerprint density at radius 1 is 1.38 bits per heavy atom. The molecule has 1 fully saturated rings. The van der Waals surface area contributed by atoms with Gasteiger partial charge in [-0.2, -0.15) is 0 Å².